The van der Waals surface area contributed by atoms with Gasteiger partial charge in [0.1, 0.15) is 0 Å². The van der Waals surface area contributed by atoms with Crippen molar-refractivity contribution in [1.29, 1.82) is 0 Å². The second-order valence-corrected chi connectivity index (χ2v) is 3.97. The molecule has 1 saturated carbocycles. The molecule has 1 rings (SSSR count). The molecule has 10 heavy (non-hydrogen) atoms. The van der Waals surface area contributed by atoms with E-state index in [1.165, 1.54) is 6.42 Å². The molecule has 0 spiro atoms. The molecule has 0 aliphatic heterocycles. The van der Waals surface area contributed by atoms with E-state index in [4.69, 9.17) is 11.5 Å². The Bertz CT molecular complexity index is 108. The Morgan fingerprint density at radius 3 is 1.80 bits per heavy atom. The van der Waals surface area contributed by atoms with Gasteiger partial charge in [0.15, 0.2) is 0 Å². The Labute approximate surface area is 63.0 Å². The summed E-state index contributed by atoms with van der Waals surface area (Å²) in [5, 5.41) is 0. The van der Waals surface area contributed by atoms with E-state index in [9.17, 15) is 0 Å². The highest BCUT2D eigenvalue weighted by atomic mass is 14.8. The second-order valence-electron chi connectivity index (χ2n) is 3.97. The summed E-state index contributed by atoms with van der Waals surface area (Å²) in [5.41, 5.74) is 12.0. The van der Waals surface area contributed by atoms with Gasteiger partial charge in [-0.15, -0.1) is 0 Å². The van der Waals surface area contributed by atoms with Crippen LogP contribution in [0.4, 0.5) is 0 Å². The SMILES string of the molecule is CC1(C)C(N)CCCC1N. The van der Waals surface area contributed by atoms with Gasteiger partial charge in [-0.05, 0) is 18.3 Å². The van der Waals surface area contributed by atoms with E-state index in [-0.39, 0.29) is 5.41 Å². The predicted octanol–water partition coefficient (Wildman–Crippen LogP) is 0.851. The molecule has 0 aromatic rings. The van der Waals surface area contributed by atoms with E-state index in [1.807, 2.05) is 0 Å². The summed E-state index contributed by atoms with van der Waals surface area (Å²) < 4.78 is 0. The van der Waals surface area contributed by atoms with Crippen molar-refractivity contribution in [3.8, 4) is 0 Å². The molecule has 1 aliphatic carbocycles. The molecule has 0 aromatic heterocycles. The van der Waals surface area contributed by atoms with E-state index < -0.39 is 0 Å². The molecule has 4 N–H and O–H groups in total. The molecule has 0 bridgehead atoms. The van der Waals surface area contributed by atoms with E-state index >= 15 is 0 Å². The van der Waals surface area contributed by atoms with Crippen molar-refractivity contribution < 1.29 is 0 Å². The first-order valence-corrected chi connectivity index (χ1v) is 4.06. The fourth-order valence-corrected chi connectivity index (χ4v) is 1.58. The number of rotatable bonds is 0. The fraction of sp³-hybridized carbons (Fsp3) is 1.00. The molecular weight excluding hydrogens is 124 g/mol. The smallest absolute Gasteiger partial charge is 0.0105 e. The normalized spacial score (nSPS) is 39.6. The quantitative estimate of drug-likeness (QED) is 0.527. The molecule has 2 unspecified atom stereocenters. The van der Waals surface area contributed by atoms with Crippen LogP contribution < -0.4 is 11.5 Å². The highest BCUT2D eigenvalue weighted by Crippen LogP contribution is 2.32. The van der Waals surface area contributed by atoms with Crippen molar-refractivity contribution in [3.63, 3.8) is 0 Å². The summed E-state index contributed by atoms with van der Waals surface area (Å²) in [4.78, 5) is 0. The Hall–Kier alpha value is -0.0800. The molecular formula is C8H18N2. The highest BCUT2D eigenvalue weighted by Gasteiger charge is 2.35. The van der Waals surface area contributed by atoms with Gasteiger partial charge in [-0.1, -0.05) is 20.3 Å². The Balaban J connectivity index is 2.63. The second kappa shape index (κ2) is 2.51. The van der Waals surface area contributed by atoms with E-state index in [1.54, 1.807) is 0 Å². The Morgan fingerprint density at radius 1 is 1.10 bits per heavy atom. The van der Waals surface area contributed by atoms with E-state index in [0.717, 1.165) is 12.8 Å². The first-order chi connectivity index (χ1) is 4.55. The largest absolute Gasteiger partial charge is 0.327 e. The molecule has 0 radical (unpaired) electrons. The predicted molar refractivity (Wildman–Crippen MR) is 43.6 cm³/mol. The zero-order valence-electron chi connectivity index (χ0n) is 6.93. The Kier molecular flexibility index (Phi) is 2.02. The van der Waals surface area contributed by atoms with Gasteiger partial charge in [0, 0.05) is 12.1 Å². The molecule has 60 valence electrons. The lowest BCUT2D eigenvalue weighted by molar-refractivity contribution is 0.166. The maximum atomic E-state index is 5.92. The summed E-state index contributed by atoms with van der Waals surface area (Å²) in [6, 6.07) is 0.604. The monoisotopic (exact) mass is 142 g/mol. The maximum absolute atomic E-state index is 5.92. The zero-order valence-corrected chi connectivity index (χ0v) is 6.93. The van der Waals surface area contributed by atoms with Gasteiger partial charge in [-0.2, -0.15) is 0 Å². The molecule has 0 heterocycles. The van der Waals surface area contributed by atoms with Gasteiger partial charge in [0.05, 0.1) is 0 Å². The van der Waals surface area contributed by atoms with Crippen LogP contribution in [-0.2, 0) is 0 Å². The average Bonchev–Trinajstić information content (AvgIpc) is 1.84. The minimum Gasteiger partial charge on any atom is -0.327 e. The van der Waals surface area contributed by atoms with Crippen LogP contribution in [0.5, 0.6) is 0 Å². The lowest BCUT2D eigenvalue weighted by atomic mass is 9.70. The van der Waals surface area contributed by atoms with Gasteiger partial charge in [0.25, 0.3) is 0 Å². The first kappa shape index (κ1) is 8.02. The van der Waals surface area contributed by atoms with Gasteiger partial charge >= 0.3 is 0 Å². The maximum Gasteiger partial charge on any atom is 0.0105 e. The summed E-state index contributed by atoms with van der Waals surface area (Å²) >= 11 is 0. The number of hydrogen-bond donors (Lipinski definition) is 2. The van der Waals surface area contributed by atoms with E-state index in [2.05, 4.69) is 13.8 Å². The molecule has 2 nitrogen and oxygen atoms in total. The molecule has 1 fully saturated rings. The Morgan fingerprint density at radius 2 is 1.50 bits per heavy atom. The van der Waals surface area contributed by atoms with Crippen molar-refractivity contribution in [3.05, 3.63) is 0 Å². The lowest BCUT2D eigenvalue weighted by Gasteiger charge is -2.41. The van der Waals surface area contributed by atoms with Crippen LogP contribution in [0.25, 0.3) is 0 Å². The van der Waals surface area contributed by atoms with Crippen molar-refractivity contribution in [2.75, 3.05) is 0 Å². The third-order valence-electron chi connectivity index (χ3n) is 2.94. The third kappa shape index (κ3) is 1.18. The summed E-state index contributed by atoms with van der Waals surface area (Å²) in [7, 11) is 0. The van der Waals surface area contributed by atoms with Gasteiger partial charge < -0.3 is 11.5 Å². The van der Waals surface area contributed by atoms with Crippen molar-refractivity contribution >= 4 is 0 Å². The van der Waals surface area contributed by atoms with Crippen LogP contribution in [0.2, 0.25) is 0 Å². The van der Waals surface area contributed by atoms with Crippen molar-refractivity contribution in [2.24, 2.45) is 16.9 Å². The van der Waals surface area contributed by atoms with Crippen LogP contribution in [-0.4, -0.2) is 12.1 Å². The molecule has 2 atom stereocenters. The lowest BCUT2D eigenvalue weighted by Crippen LogP contribution is -2.52. The first-order valence-electron chi connectivity index (χ1n) is 4.06. The molecule has 1 aliphatic rings. The highest BCUT2D eigenvalue weighted by molar-refractivity contribution is 4.93. The standard InChI is InChI=1S/C8H18N2/c1-8(2)6(9)4-3-5-7(8)10/h6-7H,3-5,9-10H2,1-2H3. The van der Waals surface area contributed by atoms with Crippen LogP contribution in [0.15, 0.2) is 0 Å². The van der Waals surface area contributed by atoms with Gasteiger partial charge in [-0.25, -0.2) is 0 Å². The number of hydrogen-bond acceptors (Lipinski definition) is 2. The fourth-order valence-electron chi connectivity index (χ4n) is 1.58. The minimum atomic E-state index is 0.151. The van der Waals surface area contributed by atoms with E-state index in [0.29, 0.717) is 12.1 Å². The van der Waals surface area contributed by atoms with Crippen LogP contribution in [0, 0.1) is 5.41 Å². The van der Waals surface area contributed by atoms with Crippen LogP contribution in [0.3, 0.4) is 0 Å². The zero-order chi connectivity index (χ0) is 7.78. The van der Waals surface area contributed by atoms with Crippen LogP contribution in [0.1, 0.15) is 33.1 Å². The van der Waals surface area contributed by atoms with Gasteiger partial charge in [0.2, 0.25) is 0 Å². The summed E-state index contributed by atoms with van der Waals surface area (Å²) in [6.45, 7) is 4.34. The van der Waals surface area contributed by atoms with Gasteiger partial charge in [-0.3, -0.25) is 0 Å². The molecule has 0 saturated heterocycles. The topological polar surface area (TPSA) is 52.0 Å². The minimum absolute atomic E-state index is 0.151. The molecule has 2 heteroatoms. The molecule has 0 aromatic carbocycles. The molecule has 0 amide bonds. The average molecular weight is 142 g/mol. The number of nitrogens with two attached hydrogens (primary N) is 2. The summed E-state index contributed by atoms with van der Waals surface area (Å²) in [6.07, 6.45) is 3.48. The van der Waals surface area contributed by atoms with Crippen molar-refractivity contribution in [2.45, 2.75) is 45.2 Å². The summed E-state index contributed by atoms with van der Waals surface area (Å²) in [5.74, 6) is 0. The van der Waals surface area contributed by atoms with Crippen LogP contribution >= 0.6 is 0 Å². The third-order valence-corrected chi connectivity index (χ3v) is 2.94. The van der Waals surface area contributed by atoms with Crippen molar-refractivity contribution in [1.82, 2.24) is 0 Å².